The second kappa shape index (κ2) is 6.21. The molecule has 150 valence electrons. The van der Waals surface area contributed by atoms with E-state index in [-0.39, 0.29) is 22.7 Å². The van der Waals surface area contributed by atoms with Crippen molar-refractivity contribution in [3.05, 3.63) is 63.7 Å². The number of hydrogen-bond acceptors (Lipinski definition) is 3. The molecule has 0 bridgehead atoms. The van der Waals surface area contributed by atoms with Crippen LogP contribution in [0.25, 0.3) is 0 Å². The molecule has 4 rings (SSSR count). The van der Waals surface area contributed by atoms with Crippen molar-refractivity contribution < 1.29 is 27.6 Å². The van der Waals surface area contributed by atoms with E-state index in [1.54, 1.807) is 13.0 Å². The highest BCUT2D eigenvalue weighted by molar-refractivity contribution is 6.32. The lowest BCUT2D eigenvalue weighted by molar-refractivity contribution is -0.137. The molecule has 0 aromatic heterocycles. The van der Waals surface area contributed by atoms with E-state index in [1.807, 2.05) is 5.32 Å². The highest BCUT2D eigenvalue weighted by Gasteiger charge is 2.61. The Hall–Kier alpha value is -3.07. The zero-order valence-electron chi connectivity index (χ0n) is 14.9. The number of urea groups is 1. The predicted octanol–water partition coefficient (Wildman–Crippen LogP) is 3.25. The summed E-state index contributed by atoms with van der Waals surface area (Å²) in [7, 11) is 0. The first kappa shape index (κ1) is 19.3. The SMILES string of the molecule is Cc1cc(Cl)cc2c1N(Cc1cccc(C(F)(F)F)c1)C(=O)[C@@]21NC(=O)NC1=O. The summed E-state index contributed by atoms with van der Waals surface area (Å²) in [6.07, 6.45) is -4.53. The lowest BCUT2D eigenvalue weighted by Crippen LogP contribution is -2.52. The minimum Gasteiger partial charge on any atom is -0.312 e. The highest BCUT2D eigenvalue weighted by atomic mass is 35.5. The Kier molecular flexibility index (Phi) is 4.13. The van der Waals surface area contributed by atoms with Gasteiger partial charge in [0.05, 0.1) is 17.8 Å². The van der Waals surface area contributed by atoms with Crippen LogP contribution in [0.15, 0.2) is 36.4 Å². The molecule has 2 aromatic carbocycles. The molecule has 2 aliphatic heterocycles. The van der Waals surface area contributed by atoms with Crippen molar-refractivity contribution in [3.63, 3.8) is 0 Å². The first-order valence-electron chi connectivity index (χ1n) is 8.46. The number of nitrogens with zero attached hydrogens (tertiary/aromatic N) is 1. The number of rotatable bonds is 2. The minimum absolute atomic E-state index is 0.183. The number of aryl methyl sites for hydroxylation is 1. The molecule has 0 unspecified atom stereocenters. The maximum absolute atomic E-state index is 13.3. The zero-order chi connectivity index (χ0) is 21.1. The number of carbonyl (C=O) groups is 3. The molecule has 2 heterocycles. The Balaban J connectivity index is 1.84. The molecule has 4 amide bonds. The lowest BCUT2D eigenvalue weighted by atomic mass is 9.90. The molecule has 10 heteroatoms. The topological polar surface area (TPSA) is 78.5 Å². The Morgan fingerprint density at radius 1 is 1.14 bits per heavy atom. The predicted molar refractivity (Wildman–Crippen MR) is 97.2 cm³/mol. The molecule has 1 fully saturated rings. The van der Waals surface area contributed by atoms with Crippen LogP contribution in [-0.2, 0) is 27.8 Å². The first-order valence-corrected chi connectivity index (χ1v) is 8.84. The maximum atomic E-state index is 13.3. The lowest BCUT2D eigenvalue weighted by Gasteiger charge is -2.22. The van der Waals surface area contributed by atoms with Gasteiger partial charge in [-0.15, -0.1) is 0 Å². The molecule has 29 heavy (non-hydrogen) atoms. The number of alkyl halides is 3. The third kappa shape index (κ3) is 2.84. The van der Waals surface area contributed by atoms with E-state index in [0.717, 1.165) is 12.1 Å². The number of benzene rings is 2. The van der Waals surface area contributed by atoms with E-state index in [9.17, 15) is 27.6 Å². The number of fused-ring (bicyclic) bond motifs is 2. The number of hydrogen-bond donors (Lipinski definition) is 2. The normalized spacial score (nSPS) is 20.9. The van der Waals surface area contributed by atoms with Crippen LogP contribution in [0.3, 0.4) is 0 Å². The van der Waals surface area contributed by atoms with Crippen molar-refractivity contribution in [3.8, 4) is 0 Å². The van der Waals surface area contributed by atoms with Gasteiger partial charge in [0, 0.05) is 10.6 Å². The number of imide groups is 1. The molecule has 0 radical (unpaired) electrons. The molecule has 2 aromatic rings. The fourth-order valence-electron chi connectivity index (χ4n) is 3.77. The third-order valence-corrected chi connectivity index (χ3v) is 5.19. The van der Waals surface area contributed by atoms with Gasteiger partial charge in [0.15, 0.2) is 0 Å². The summed E-state index contributed by atoms with van der Waals surface area (Å²) in [4.78, 5) is 38.8. The Morgan fingerprint density at radius 2 is 1.86 bits per heavy atom. The van der Waals surface area contributed by atoms with Gasteiger partial charge in [-0.05, 0) is 42.3 Å². The van der Waals surface area contributed by atoms with Crippen molar-refractivity contribution >= 4 is 35.1 Å². The Labute approximate surface area is 167 Å². The van der Waals surface area contributed by atoms with Gasteiger partial charge in [0.2, 0.25) is 5.54 Å². The highest BCUT2D eigenvalue weighted by Crippen LogP contribution is 2.46. The monoisotopic (exact) mass is 423 g/mol. The average Bonchev–Trinajstić information content (AvgIpc) is 3.04. The van der Waals surface area contributed by atoms with Gasteiger partial charge < -0.3 is 10.2 Å². The van der Waals surface area contributed by atoms with E-state index >= 15 is 0 Å². The average molecular weight is 424 g/mol. The van der Waals surface area contributed by atoms with E-state index in [1.165, 1.54) is 23.1 Å². The number of amides is 4. The summed E-state index contributed by atoms with van der Waals surface area (Å²) in [5.41, 5.74) is -1.58. The quantitative estimate of drug-likeness (QED) is 0.575. The molecule has 2 aliphatic rings. The molecule has 1 spiro atoms. The van der Waals surface area contributed by atoms with Crippen molar-refractivity contribution in [2.24, 2.45) is 0 Å². The van der Waals surface area contributed by atoms with Crippen LogP contribution in [0.2, 0.25) is 5.02 Å². The van der Waals surface area contributed by atoms with Crippen LogP contribution in [0, 0.1) is 6.92 Å². The molecule has 1 atom stereocenters. The zero-order valence-corrected chi connectivity index (χ0v) is 15.6. The van der Waals surface area contributed by atoms with Crippen LogP contribution >= 0.6 is 11.6 Å². The van der Waals surface area contributed by atoms with Gasteiger partial charge in [-0.25, -0.2) is 4.79 Å². The van der Waals surface area contributed by atoms with Crippen LogP contribution in [0.1, 0.15) is 22.3 Å². The Bertz CT molecular complexity index is 1090. The molecule has 2 N–H and O–H groups in total. The van der Waals surface area contributed by atoms with Crippen molar-refractivity contribution in [1.82, 2.24) is 10.6 Å². The van der Waals surface area contributed by atoms with Crippen molar-refractivity contribution in [2.75, 3.05) is 4.90 Å². The van der Waals surface area contributed by atoms with E-state index in [4.69, 9.17) is 11.6 Å². The smallest absolute Gasteiger partial charge is 0.312 e. The Morgan fingerprint density at radius 3 is 2.48 bits per heavy atom. The second-order valence-electron chi connectivity index (χ2n) is 6.87. The van der Waals surface area contributed by atoms with E-state index < -0.39 is 35.1 Å². The van der Waals surface area contributed by atoms with Gasteiger partial charge in [0.25, 0.3) is 11.8 Å². The van der Waals surface area contributed by atoms with Crippen molar-refractivity contribution in [1.29, 1.82) is 0 Å². The molecule has 0 saturated carbocycles. The summed E-state index contributed by atoms with van der Waals surface area (Å²) in [5.74, 6) is -1.62. The molecule has 0 aliphatic carbocycles. The van der Waals surface area contributed by atoms with Crippen LogP contribution in [0.4, 0.5) is 23.7 Å². The van der Waals surface area contributed by atoms with E-state index in [2.05, 4.69) is 5.32 Å². The van der Waals surface area contributed by atoms with Crippen LogP contribution in [-0.4, -0.2) is 17.8 Å². The summed E-state index contributed by atoms with van der Waals surface area (Å²) in [6, 6.07) is 6.70. The maximum Gasteiger partial charge on any atom is 0.416 e. The standard InChI is InChI=1S/C19H13ClF3N3O3/c1-9-5-12(20)7-13-14(9)26(16(28)18(13)15(27)24-17(29)25-18)8-10-3-2-4-11(6-10)19(21,22)23/h2-7H,8H2,1H3,(H2,24,25,27,29)/t18-/m1/s1. The van der Waals surface area contributed by atoms with Gasteiger partial charge in [-0.1, -0.05) is 23.7 Å². The summed E-state index contributed by atoms with van der Waals surface area (Å²) in [6.45, 7) is 1.44. The van der Waals surface area contributed by atoms with Crippen molar-refractivity contribution in [2.45, 2.75) is 25.2 Å². The number of halogens is 4. The number of anilines is 1. The minimum atomic E-state index is -4.53. The van der Waals surface area contributed by atoms with Gasteiger partial charge in [0.1, 0.15) is 0 Å². The number of carbonyl (C=O) groups excluding carboxylic acids is 3. The third-order valence-electron chi connectivity index (χ3n) is 4.97. The van der Waals surface area contributed by atoms with Gasteiger partial charge >= 0.3 is 12.2 Å². The summed E-state index contributed by atoms with van der Waals surface area (Å²) < 4.78 is 39.1. The largest absolute Gasteiger partial charge is 0.416 e. The van der Waals surface area contributed by atoms with Gasteiger partial charge in [-0.2, -0.15) is 13.2 Å². The first-order chi connectivity index (χ1) is 13.5. The second-order valence-corrected chi connectivity index (χ2v) is 7.30. The molecular formula is C19H13ClF3N3O3. The van der Waals surface area contributed by atoms with E-state index in [0.29, 0.717) is 11.3 Å². The molecular weight excluding hydrogens is 411 g/mol. The fourth-order valence-corrected chi connectivity index (χ4v) is 4.05. The number of nitrogens with one attached hydrogen (secondary N) is 2. The van der Waals surface area contributed by atoms with Crippen LogP contribution < -0.4 is 15.5 Å². The van der Waals surface area contributed by atoms with Crippen LogP contribution in [0.5, 0.6) is 0 Å². The fraction of sp³-hybridized carbons (Fsp3) is 0.211. The molecule has 6 nitrogen and oxygen atoms in total. The summed E-state index contributed by atoms with van der Waals surface area (Å²) >= 11 is 6.10. The van der Waals surface area contributed by atoms with Gasteiger partial charge in [-0.3, -0.25) is 14.9 Å². The molecule has 1 saturated heterocycles. The summed E-state index contributed by atoms with van der Waals surface area (Å²) in [5, 5.41) is 4.66.